The molecule has 0 aliphatic heterocycles. The van der Waals surface area contributed by atoms with Crippen molar-refractivity contribution in [3.05, 3.63) is 59.1 Å². The van der Waals surface area contributed by atoms with Crippen molar-refractivity contribution in [1.82, 2.24) is 9.62 Å². The number of halogens is 1. The van der Waals surface area contributed by atoms with E-state index in [1.807, 2.05) is 19.1 Å². The van der Waals surface area contributed by atoms with Gasteiger partial charge in [0, 0.05) is 25.0 Å². The Hall–Kier alpha value is -2.09. The van der Waals surface area contributed by atoms with Crippen molar-refractivity contribution in [3.63, 3.8) is 0 Å². The number of nitrogens with one attached hydrogen (secondary N) is 1. The molecular formula is C20H25ClN2O4S. The molecule has 0 radical (unpaired) electrons. The molecule has 2 aromatic rings. The van der Waals surface area contributed by atoms with Crippen LogP contribution < -0.4 is 10.1 Å². The highest BCUT2D eigenvalue weighted by molar-refractivity contribution is 7.89. The van der Waals surface area contributed by atoms with Gasteiger partial charge in [0.1, 0.15) is 5.75 Å². The van der Waals surface area contributed by atoms with Crippen molar-refractivity contribution in [2.45, 2.75) is 30.7 Å². The number of hydrogen-bond acceptors (Lipinski definition) is 4. The molecule has 8 heteroatoms. The third-order valence-electron chi connectivity index (χ3n) is 4.39. The standard InChI is InChI=1S/C20H25ClN2O4S/c1-15(16-6-8-17(21)9-7-16)22-20(24)5-4-14-23(2)28(25,26)19-12-10-18(27-3)11-13-19/h6-13,15H,4-5,14H2,1-3H3,(H,22,24). The van der Waals surface area contributed by atoms with E-state index in [4.69, 9.17) is 16.3 Å². The summed E-state index contributed by atoms with van der Waals surface area (Å²) in [5.41, 5.74) is 0.956. The second kappa shape index (κ2) is 9.91. The van der Waals surface area contributed by atoms with Crippen molar-refractivity contribution >= 4 is 27.5 Å². The fourth-order valence-corrected chi connectivity index (χ4v) is 3.99. The van der Waals surface area contributed by atoms with Crippen molar-refractivity contribution < 1.29 is 17.9 Å². The first kappa shape index (κ1) is 22.2. The number of ether oxygens (including phenoxy) is 1. The summed E-state index contributed by atoms with van der Waals surface area (Å²) in [6.07, 6.45) is 0.658. The van der Waals surface area contributed by atoms with Gasteiger partial charge in [-0.25, -0.2) is 12.7 Å². The van der Waals surface area contributed by atoms with Gasteiger partial charge in [0.2, 0.25) is 15.9 Å². The zero-order valence-corrected chi connectivity index (χ0v) is 17.8. The summed E-state index contributed by atoms with van der Waals surface area (Å²) in [6.45, 7) is 2.14. The SMILES string of the molecule is COc1ccc(S(=O)(=O)N(C)CCCC(=O)NC(C)c2ccc(Cl)cc2)cc1. The second-order valence-corrected chi connectivity index (χ2v) is 8.93. The van der Waals surface area contributed by atoms with Crippen LogP contribution in [0.1, 0.15) is 31.4 Å². The van der Waals surface area contributed by atoms with Crippen LogP contribution in [0, 0.1) is 0 Å². The third kappa shape index (κ3) is 5.95. The fourth-order valence-electron chi connectivity index (χ4n) is 2.66. The molecule has 2 aromatic carbocycles. The summed E-state index contributed by atoms with van der Waals surface area (Å²) in [7, 11) is -0.568. The van der Waals surface area contributed by atoms with Crippen LogP contribution >= 0.6 is 11.6 Å². The van der Waals surface area contributed by atoms with Crippen LogP contribution in [0.25, 0.3) is 0 Å². The van der Waals surface area contributed by atoms with Gasteiger partial charge in [0.25, 0.3) is 0 Å². The summed E-state index contributed by atoms with van der Waals surface area (Å²) in [6, 6.07) is 13.3. The minimum absolute atomic E-state index is 0.127. The number of nitrogens with zero attached hydrogens (tertiary/aromatic N) is 1. The maximum atomic E-state index is 12.6. The molecule has 0 bridgehead atoms. The lowest BCUT2D eigenvalue weighted by Crippen LogP contribution is -2.30. The molecule has 0 aromatic heterocycles. The number of carbonyl (C=O) groups excluding carboxylic acids is 1. The van der Waals surface area contributed by atoms with Crippen LogP contribution in [0.5, 0.6) is 5.75 Å². The molecule has 28 heavy (non-hydrogen) atoms. The Morgan fingerprint density at radius 2 is 1.75 bits per heavy atom. The molecule has 2 rings (SSSR count). The Morgan fingerprint density at radius 3 is 2.32 bits per heavy atom. The van der Waals surface area contributed by atoms with E-state index >= 15 is 0 Å². The molecular weight excluding hydrogens is 400 g/mol. The highest BCUT2D eigenvalue weighted by Crippen LogP contribution is 2.19. The van der Waals surface area contributed by atoms with Gasteiger partial charge in [-0.3, -0.25) is 4.79 Å². The Kier molecular flexibility index (Phi) is 7.86. The van der Waals surface area contributed by atoms with Crippen LogP contribution in [-0.4, -0.2) is 39.3 Å². The molecule has 0 fully saturated rings. The van der Waals surface area contributed by atoms with E-state index in [-0.39, 0.29) is 29.8 Å². The molecule has 0 saturated heterocycles. The van der Waals surface area contributed by atoms with Crippen molar-refractivity contribution in [2.24, 2.45) is 0 Å². The number of carbonyl (C=O) groups is 1. The quantitative estimate of drug-likeness (QED) is 0.667. The maximum absolute atomic E-state index is 12.6. The number of hydrogen-bond donors (Lipinski definition) is 1. The summed E-state index contributed by atoms with van der Waals surface area (Å²) < 4.78 is 31.4. The van der Waals surface area contributed by atoms with Gasteiger partial charge >= 0.3 is 0 Å². The number of benzene rings is 2. The van der Waals surface area contributed by atoms with Gasteiger partial charge in [0.15, 0.2) is 0 Å². The zero-order valence-electron chi connectivity index (χ0n) is 16.2. The topological polar surface area (TPSA) is 75.7 Å². The van der Waals surface area contributed by atoms with Crippen LogP contribution in [0.3, 0.4) is 0 Å². The van der Waals surface area contributed by atoms with Gasteiger partial charge in [-0.15, -0.1) is 0 Å². The zero-order chi connectivity index (χ0) is 20.7. The molecule has 1 atom stereocenters. The molecule has 0 saturated carbocycles. The lowest BCUT2D eigenvalue weighted by atomic mass is 10.1. The van der Waals surface area contributed by atoms with Crippen molar-refractivity contribution in [3.8, 4) is 5.75 Å². The van der Waals surface area contributed by atoms with E-state index in [9.17, 15) is 13.2 Å². The summed E-state index contributed by atoms with van der Waals surface area (Å²) >= 11 is 5.87. The van der Waals surface area contributed by atoms with Crippen LogP contribution in [0.15, 0.2) is 53.4 Å². The lowest BCUT2D eigenvalue weighted by molar-refractivity contribution is -0.121. The maximum Gasteiger partial charge on any atom is 0.242 e. The number of methoxy groups -OCH3 is 1. The monoisotopic (exact) mass is 424 g/mol. The average Bonchev–Trinajstić information content (AvgIpc) is 2.68. The lowest BCUT2D eigenvalue weighted by Gasteiger charge is -2.18. The fraction of sp³-hybridized carbons (Fsp3) is 0.350. The molecule has 6 nitrogen and oxygen atoms in total. The van der Waals surface area contributed by atoms with Crippen molar-refractivity contribution in [2.75, 3.05) is 20.7 Å². The Labute approximate surface area is 171 Å². The van der Waals surface area contributed by atoms with E-state index in [0.29, 0.717) is 17.2 Å². The van der Waals surface area contributed by atoms with Gasteiger partial charge in [-0.05, 0) is 55.3 Å². The molecule has 0 aliphatic carbocycles. The molecule has 152 valence electrons. The molecule has 1 N–H and O–H groups in total. The van der Waals surface area contributed by atoms with E-state index in [0.717, 1.165) is 5.56 Å². The molecule has 0 spiro atoms. The third-order valence-corrected chi connectivity index (χ3v) is 6.52. The average molecular weight is 425 g/mol. The first-order chi connectivity index (χ1) is 13.2. The largest absolute Gasteiger partial charge is 0.497 e. The first-order valence-electron chi connectivity index (χ1n) is 8.89. The van der Waals surface area contributed by atoms with Gasteiger partial charge in [-0.1, -0.05) is 23.7 Å². The van der Waals surface area contributed by atoms with Crippen molar-refractivity contribution in [1.29, 1.82) is 0 Å². The van der Waals surface area contributed by atoms with E-state index in [2.05, 4.69) is 5.32 Å². The second-order valence-electron chi connectivity index (χ2n) is 6.45. The number of sulfonamides is 1. The van der Waals surface area contributed by atoms with E-state index in [1.54, 1.807) is 24.3 Å². The summed E-state index contributed by atoms with van der Waals surface area (Å²) in [4.78, 5) is 12.3. The first-order valence-corrected chi connectivity index (χ1v) is 10.7. The molecule has 1 unspecified atom stereocenters. The summed E-state index contributed by atoms with van der Waals surface area (Å²) in [5.74, 6) is 0.464. The van der Waals surface area contributed by atoms with Crippen LogP contribution in [-0.2, 0) is 14.8 Å². The van der Waals surface area contributed by atoms with Gasteiger partial charge in [0.05, 0.1) is 18.0 Å². The van der Waals surface area contributed by atoms with Gasteiger partial charge in [-0.2, -0.15) is 0 Å². The summed E-state index contributed by atoms with van der Waals surface area (Å²) in [5, 5.41) is 3.55. The minimum atomic E-state index is -3.60. The highest BCUT2D eigenvalue weighted by Gasteiger charge is 2.20. The predicted octanol–water partition coefficient (Wildman–Crippen LogP) is 3.63. The predicted molar refractivity (Wildman–Crippen MR) is 110 cm³/mol. The van der Waals surface area contributed by atoms with Gasteiger partial charge < -0.3 is 10.1 Å². The Morgan fingerprint density at radius 1 is 1.14 bits per heavy atom. The molecule has 0 heterocycles. The van der Waals surface area contributed by atoms with Crippen LogP contribution in [0.2, 0.25) is 5.02 Å². The smallest absolute Gasteiger partial charge is 0.242 e. The number of rotatable bonds is 9. The minimum Gasteiger partial charge on any atom is -0.497 e. The van der Waals surface area contributed by atoms with Crippen LogP contribution in [0.4, 0.5) is 0 Å². The highest BCUT2D eigenvalue weighted by atomic mass is 35.5. The number of amides is 1. The van der Waals surface area contributed by atoms with E-state index in [1.165, 1.54) is 30.6 Å². The molecule has 1 amide bonds. The molecule has 0 aliphatic rings. The normalized spacial score (nSPS) is 12.6. The Bertz CT molecular complexity index is 883. The van der Waals surface area contributed by atoms with E-state index < -0.39 is 10.0 Å². The Balaban J connectivity index is 1.83.